The molecule has 178 valence electrons. The fourth-order valence-corrected chi connectivity index (χ4v) is 3.90. The Kier molecular flexibility index (Phi) is 7.10. The smallest absolute Gasteiger partial charge is 0.228 e. The number of nitrogens with one attached hydrogen (secondary N) is 1. The molecule has 3 aromatic heterocycles. The maximum absolute atomic E-state index is 13.1. The van der Waals surface area contributed by atoms with Gasteiger partial charge in [-0.2, -0.15) is 14.8 Å². The van der Waals surface area contributed by atoms with Gasteiger partial charge in [0.2, 0.25) is 5.82 Å². The zero-order valence-electron chi connectivity index (χ0n) is 19.7. The maximum Gasteiger partial charge on any atom is 0.228 e. The van der Waals surface area contributed by atoms with E-state index in [4.69, 9.17) is 10.1 Å². The predicted octanol–water partition coefficient (Wildman–Crippen LogP) is 2.86. The first kappa shape index (κ1) is 23.9. The topological polar surface area (TPSA) is 120 Å². The molecule has 0 spiro atoms. The number of hydrogen-bond donors (Lipinski definition) is 2. The Hall–Kier alpha value is -4.20. The van der Waals surface area contributed by atoms with E-state index in [9.17, 15) is 9.65 Å². The van der Waals surface area contributed by atoms with Crippen LogP contribution in [0.3, 0.4) is 0 Å². The summed E-state index contributed by atoms with van der Waals surface area (Å²) in [5, 5.41) is 22.3. The molecule has 9 nitrogen and oxygen atoms in total. The number of aromatic nitrogens is 4. The average Bonchev–Trinajstić information content (AvgIpc) is 3.33. The Balaban J connectivity index is 1.53. The van der Waals surface area contributed by atoms with Crippen LogP contribution in [0, 0.1) is 16.7 Å². The summed E-state index contributed by atoms with van der Waals surface area (Å²) in [6, 6.07) is 9.87. The van der Waals surface area contributed by atoms with Crippen molar-refractivity contribution in [3.8, 4) is 6.07 Å². The second-order valence-corrected chi connectivity index (χ2v) is 8.13. The molecule has 2 atom stereocenters. The van der Waals surface area contributed by atoms with E-state index in [1.807, 2.05) is 42.3 Å². The van der Waals surface area contributed by atoms with Gasteiger partial charge >= 0.3 is 0 Å². The minimum atomic E-state index is -0.631. The number of nitrogens with zero attached hydrogens (tertiary/aromatic N) is 6. The molecular formula is C25H26FN8O+. The van der Waals surface area contributed by atoms with Crippen molar-refractivity contribution < 1.29 is 14.4 Å². The number of nitrogens with two attached hydrogens (primary N) is 1. The molecule has 35 heavy (non-hydrogen) atoms. The molecule has 0 aromatic carbocycles. The van der Waals surface area contributed by atoms with E-state index < -0.39 is 5.83 Å². The van der Waals surface area contributed by atoms with Gasteiger partial charge in [0.1, 0.15) is 18.1 Å². The molecule has 0 amide bonds. The minimum absolute atomic E-state index is 0.0119. The summed E-state index contributed by atoms with van der Waals surface area (Å²) in [6.45, 7) is 2.61. The van der Waals surface area contributed by atoms with Gasteiger partial charge in [-0.3, -0.25) is 10.00 Å². The van der Waals surface area contributed by atoms with Crippen LogP contribution in [0.15, 0.2) is 61.0 Å². The van der Waals surface area contributed by atoms with Gasteiger partial charge in [-0.25, -0.2) is 9.97 Å². The van der Waals surface area contributed by atoms with Gasteiger partial charge in [-0.1, -0.05) is 0 Å². The van der Waals surface area contributed by atoms with Crippen molar-refractivity contribution in [1.29, 1.82) is 10.7 Å². The molecule has 0 aliphatic carbocycles. The van der Waals surface area contributed by atoms with Crippen molar-refractivity contribution in [1.82, 2.24) is 19.7 Å². The maximum atomic E-state index is 13.1. The van der Waals surface area contributed by atoms with Crippen LogP contribution in [0.25, 0.3) is 5.57 Å². The van der Waals surface area contributed by atoms with E-state index in [0.717, 1.165) is 28.2 Å². The quantitative estimate of drug-likeness (QED) is 0.486. The highest BCUT2D eigenvalue weighted by Crippen LogP contribution is 2.32. The van der Waals surface area contributed by atoms with Crippen LogP contribution < -0.4 is 10.2 Å². The van der Waals surface area contributed by atoms with Crippen LogP contribution in [-0.2, 0) is 11.3 Å². The second-order valence-electron chi connectivity index (χ2n) is 8.13. The van der Waals surface area contributed by atoms with E-state index in [1.165, 1.54) is 11.5 Å². The highest BCUT2D eigenvalue weighted by molar-refractivity contribution is 5.82. The van der Waals surface area contributed by atoms with Crippen molar-refractivity contribution in [2.75, 3.05) is 19.1 Å². The number of rotatable bonds is 8. The first-order valence-electron chi connectivity index (χ1n) is 11.0. The summed E-state index contributed by atoms with van der Waals surface area (Å²) in [7, 11) is 3.61. The molecule has 1 aliphatic rings. The van der Waals surface area contributed by atoms with E-state index >= 15 is 0 Å². The van der Waals surface area contributed by atoms with Crippen molar-refractivity contribution in [3.05, 3.63) is 83.3 Å². The third kappa shape index (κ3) is 5.01. The summed E-state index contributed by atoms with van der Waals surface area (Å²) in [5.74, 6) is 0.754. The zero-order valence-corrected chi connectivity index (χ0v) is 19.7. The Morgan fingerprint density at radius 2 is 2.14 bits per heavy atom. The Labute approximate surface area is 202 Å². The van der Waals surface area contributed by atoms with Gasteiger partial charge in [0, 0.05) is 43.8 Å². The first-order chi connectivity index (χ1) is 16.9. The summed E-state index contributed by atoms with van der Waals surface area (Å²) < 4.78 is 20.5. The van der Waals surface area contributed by atoms with E-state index in [0.29, 0.717) is 24.1 Å². The number of halogens is 1. The van der Waals surface area contributed by atoms with Gasteiger partial charge in [-0.15, -0.1) is 0 Å². The normalized spacial score (nSPS) is 16.1. The summed E-state index contributed by atoms with van der Waals surface area (Å²) in [4.78, 5) is 11.1. The molecule has 2 unspecified atom stereocenters. The van der Waals surface area contributed by atoms with Crippen LogP contribution >= 0.6 is 0 Å². The fraction of sp³-hybridized carbons (Fsp3) is 0.240. The Morgan fingerprint density at radius 3 is 2.77 bits per heavy atom. The number of ether oxygens (including phenoxy) is 1. The molecule has 1 aliphatic heterocycles. The predicted molar refractivity (Wildman–Crippen MR) is 130 cm³/mol. The highest BCUT2D eigenvalue weighted by atomic mass is 19.1. The standard InChI is InChI=1S/C25H25FN8O/c1-16(17-4-6-23(29-11-17)30-14-20(26)10-28)33(2)24-7-5-18(12-31-24)22-8-21(35-3)15-34-25(22)19(9-27)13-32-34/h4-8,10-14,16,21,28H,15H2,1-3H3,(H,29,30)/p+1. The van der Waals surface area contributed by atoms with Crippen molar-refractivity contribution in [2.45, 2.75) is 25.6 Å². The molecular weight excluding hydrogens is 447 g/mol. The lowest BCUT2D eigenvalue weighted by molar-refractivity contribution is -0.501. The Bertz CT molecular complexity index is 1300. The number of nitriles is 1. The Morgan fingerprint density at radius 1 is 1.31 bits per heavy atom. The number of allylic oxidation sites excluding steroid dienone is 1. The number of pyridine rings is 2. The van der Waals surface area contributed by atoms with Gasteiger partial charge < -0.3 is 15.0 Å². The third-order valence-corrected chi connectivity index (χ3v) is 6.07. The van der Waals surface area contributed by atoms with Gasteiger partial charge in [0.25, 0.3) is 0 Å². The largest absolute Gasteiger partial charge is 0.375 e. The third-order valence-electron chi connectivity index (χ3n) is 6.07. The number of quaternary nitrogens is 1. The van der Waals surface area contributed by atoms with E-state index in [2.05, 4.69) is 28.1 Å². The first-order valence-corrected chi connectivity index (χ1v) is 11.0. The van der Waals surface area contributed by atoms with Crippen LogP contribution in [0.2, 0.25) is 0 Å². The molecule has 0 bridgehead atoms. The summed E-state index contributed by atoms with van der Waals surface area (Å²) in [6.07, 6.45) is 8.85. The van der Waals surface area contributed by atoms with E-state index in [1.54, 1.807) is 30.4 Å². The fourth-order valence-electron chi connectivity index (χ4n) is 3.90. The SMILES string of the molecule is COC1C=C(c2ccc(N(C)C(C)c3ccc([NH2+]C=C(F)C=N)nc3)nc2)c2c(C#N)cnn2C1. The number of hydrogen-bond acceptors (Lipinski definition) is 7. The average molecular weight is 474 g/mol. The van der Waals surface area contributed by atoms with Gasteiger partial charge in [-0.05, 0) is 36.8 Å². The lowest BCUT2D eigenvalue weighted by Crippen LogP contribution is -2.71. The van der Waals surface area contributed by atoms with Gasteiger partial charge in [0.05, 0.1) is 42.4 Å². The van der Waals surface area contributed by atoms with Crippen molar-refractivity contribution >= 4 is 23.4 Å². The molecule has 3 aromatic rings. The zero-order chi connectivity index (χ0) is 24.9. The van der Waals surface area contributed by atoms with Crippen LogP contribution in [-0.4, -0.2) is 46.2 Å². The second kappa shape index (κ2) is 10.4. The molecule has 0 fully saturated rings. The molecule has 4 heterocycles. The minimum Gasteiger partial charge on any atom is -0.375 e. The van der Waals surface area contributed by atoms with Gasteiger partial charge in [0.15, 0.2) is 5.83 Å². The van der Waals surface area contributed by atoms with Crippen LogP contribution in [0.5, 0.6) is 0 Å². The van der Waals surface area contributed by atoms with Crippen LogP contribution in [0.1, 0.15) is 35.3 Å². The molecule has 3 N–H and O–H groups in total. The molecule has 10 heteroatoms. The number of fused-ring (bicyclic) bond motifs is 1. The van der Waals surface area contributed by atoms with Crippen molar-refractivity contribution in [3.63, 3.8) is 0 Å². The number of methoxy groups -OCH3 is 1. The highest BCUT2D eigenvalue weighted by Gasteiger charge is 2.25. The molecule has 0 radical (unpaired) electrons. The van der Waals surface area contributed by atoms with Crippen molar-refractivity contribution in [2.24, 2.45) is 0 Å². The molecule has 0 saturated carbocycles. The monoisotopic (exact) mass is 473 g/mol. The number of anilines is 1. The summed E-state index contributed by atoms with van der Waals surface area (Å²) in [5.41, 5.74) is 4.02. The van der Waals surface area contributed by atoms with Crippen LogP contribution in [0.4, 0.5) is 16.0 Å². The lowest BCUT2D eigenvalue weighted by Gasteiger charge is -2.27. The lowest BCUT2D eigenvalue weighted by atomic mass is 9.97. The molecule has 0 saturated heterocycles. The summed E-state index contributed by atoms with van der Waals surface area (Å²) >= 11 is 0. The molecule has 4 rings (SSSR count). The van der Waals surface area contributed by atoms with E-state index in [-0.39, 0.29) is 12.1 Å².